The van der Waals surface area contributed by atoms with Crippen LogP contribution in [0.4, 0.5) is 0 Å². The zero-order chi connectivity index (χ0) is 9.03. The predicted octanol–water partition coefficient (Wildman–Crippen LogP) is 2.46. The second-order valence-electron chi connectivity index (χ2n) is 3.35. The van der Waals surface area contributed by atoms with Gasteiger partial charge in [0.1, 0.15) is 0 Å². The fraction of sp³-hybridized carbons (Fsp3) is 0.600. The van der Waals surface area contributed by atoms with E-state index in [1.54, 1.807) is 0 Å². The molecule has 0 aliphatic rings. The van der Waals surface area contributed by atoms with Crippen LogP contribution in [0.1, 0.15) is 20.8 Å². The molecule has 0 amide bonds. The monoisotopic (exact) mass is 338 g/mol. The number of rotatable bonds is 4. The average molecular weight is 336 g/mol. The van der Waals surface area contributed by atoms with Crippen LogP contribution < -0.4 is 3.58 Å². The first-order valence-electron chi connectivity index (χ1n) is 4.81. The Kier molecular flexibility index (Phi) is 4.42. The van der Waals surface area contributed by atoms with E-state index in [0.29, 0.717) is 14.5 Å². The molecule has 68 valence electrons. The van der Waals surface area contributed by atoms with Crippen molar-refractivity contribution in [3.8, 4) is 0 Å². The summed E-state index contributed by atoms with van der Waals surface area (Å²) in [6.07, 6.45) is 0. The average Bonchev–Trinajstić information content (AvgIpc) is 2.62. The zero-order valence-corrected chi connectivity index (χ0v) is 12.8. The van der Waals surface area contributed by atoms with E-state index in [1.807, 2.05) is 3.58 Å². The molecule has 0 unspecified atom stereocenters. The van der Waals surface area contributed by atoms with Crippen molar-refractivity contribution in [2.45, 2.75) is 34.1 Å². The maximum atomic E-state index is 2.54. The Morgan fingerprint density at radius 1 is 1.17 bits per heavy atom. The van der Waals surface area contributed by atoms with Gasteiger partial charge in [0.05, 0.1) is 0 Å². The molecule has 0 N–H and O–H groups in total. The third-order valence-corrected chi connectivity index (χ3v) is 21.9. The van der Waals surface area contributed by atoms with Gasteiger partial charge in [-0.05, 0) is 0 Å². The molecule has 0 aliphatic carbocycles. The summed E-state index contributed by atoms with van der Waals surface area (Å²) in [5, 5.41) is 0. The molecule has 0 fully saturated rings. The summed E-state index contributed by atoms with van der Waals surface area (Å²) in [6.45, 7) is 7.22. The number of hydrogen-bond acceptors (Lipinski definition) is 0. The van der Waals surface area contributed by atoms with Crippen LogP contribution in [-0.4, -0.2) is 32.9 Å². The van der Waals surface area contributed by atoms with Crippen LogP contribution in [0, 0.1) is 0 Å². The van der Waals surface area contributed by atoms with E-state index in [2.05, 4.69) is 36.7 Å². The second kappa shape index (κ2) is 4.88. The van der Waals surface area contributed by atoms with Crippen LogP contribution in [0.25, 0.3) is 0 Å². The van der Waals surface area contributed by atoms with Gasteiger partial charge < -0.3 is 0 Å². The van der Waals surface area contributed by atoms with Crippen LogP contribution in [-0.2, 0) is 0 Å². The van der Waals surface area contributed by atoms with Crippen molar-refractivity contribution in [3.63, 3.8) is 0 Å². The van der Waals surface area contributed by atoms with Crippen molar-refractivity contribution in [3.05, 3.63) is 15.9 Å². The molecule has 0 saturated heterocycles. The summed E-state index contributed by atoms with van der Waals surface area (Å²) in [4.78, 5) is 4.93. The van der Waals surface area contributed by atoms with Gasteiger partial charge in [-0.3, -0.25) is 0 Å². The Balaban J connectivity index is 2.93. The summed E-state index contributed by atoms with van der Waals surface area (Å²) >= 11 is -1.05. The van der Waals surface area contributed by atoms with Gasteiger partial charge in [0.25, 0.3) is 0 Å². The summed E-state index contributed by atoms with van der Waals surface area (Å²) in [5.41, 5.74) is 0. The summed E-state index contributed by atoms with van der Waals surface area (Å²) in [6, 6.07) is 2.44. The van der Waals surface area contributed by atoms with Crippen molar-refractivity contribution >= 4 is 36.5 Å². The van der Waals surface area contributed by atoms with Crippen LogP contribution in [0.15, 0.2) is 15.9 Å². The molecule has 0 aliphatic heterocycles. The van der Waals surface area contributed by atoms with Crippen molar-refractivity contribution in [1.82, 2.24) is 0 Å². The van der Waals surface area contributed by atoms with Crippen molar-refractivity contribution in [2.75, 3.05) is 0 Å². The maximum absolute atomic E-state index is 2.54. The van der Waals surface area contributed by atoms with Crippen molar-refractivity contribution in [2.24, 2.45) is 0 Å². The third kappa shape index (κ3) is 1.99. The Bertz CT molecular complexity index is 203. The number of hydrogen-bond donors (Lipinski definition) is 0. The molecule has 0 aromatic carbocycles. The van der Waals surface area contributed by atoms with Gasteiger partial charge in [0.15, 0.2) is 0 Å². The predicted molar refractivity (Wildman–Crippen MR) is 60.2 cm³/mol. The first-order valence-corrected chi connectivity index (χ1v) is 14.3. The Morgan fingerprint density at radius 3 is 2.08 bits per heavy atom. The summed E-state index contributed by atoms with van der Waals surface area (Å²) in [5.74, 6) is 0. The van der Waals surface area contributed by atoms with Gasteiger partial charge in [-0.1, -0.05) is 0 Å². The van der Waals surface area contributed by atoms with Gasteiger partial charge in [0, 0.05) is 0 Å². The molecule has 2 heteroatoms. The SMILES string of the molecule is C[CH2][Sn]([CH2]C)([CH2]C)[c]1cc[se]c1. The van der Waals surface area contributed by atoms with E-state index in [-0.39, 0.29) is 0 Å². The molecule has 0 atom stereocenters. The molecule has 1 aromatic heterocycles. The first kappa shape index (κ1) is 10.9. The zero-order valence-electron chi connectivity index (χ0n) is 8.26. The van der Waals surface area contributed by atoms with Gasteiger partial charge in [-0.25, -0.2) is 0 Å². The Morgan fingerprint density at radius 2 is 1.75 bits per heavy atom. The van der Waals surface area contributed by atoms with Crippen molar-refractivity contribution in [1.29, 1.82) is 0 Å². The summed E-state index contributed by atoms with van der Waals surface area (Å²) in [7, 11) is 0. The molecule has 0 bridgehead atoms. The molecule has 0 saturated carbocycles. The van der Waals surface area contributed by atoms with Crippen molar-refractivity contribution < 1.29 is 0 Å². The molecule has 1 rings (SSSR count). The summed E-state index contributed by atoms with van der Waals surface area (Å²) < 4.78 is 6.30. The van der Waals surface area contributed by atoms with Gasteiger partial charge >= 0.3 is 86.5 Å². The topological polar surface area (TPSA) is 0 Å². The van der Waals surface area contributed by atoms with Crippen LogP contribution in [0.3, 0.4) is 0 Å². The van der Waals surface area contributed by atoms with Crippen LogP contribution in [0.5, 0.6) is 0 Å². The minimum atomic E-state index is -1.76. The molecule has 0 nitrogen and oxygen atoms in total. The molecular formula is C10H18SeSn. The fourth-order valence-electron chi connectivity index (χ4n) is 1.93. The van der Waals surface area contributed by atoms with E-state index in [0.717, 1.165) is 0 Å². The standard InChI is InChI=1S/C4H3Se.3C2H5.Sn/c1-2-4-5-3-1;3*1-2;/h1,3-4H;3*1H2,2H3;. The molecule has 0 spiro atoms. The minimum absolute atomic E-state index is 0.705. The van der Waals surface area contributed by atoms with E-state index in [1.165, 1.54) is 13.3 Å². The molecule has 12 heavy (non-hydrogen) atoms. The Hall–Kier alpha value is 0.798. The quantitative estimate of drug-likeness (QED) is 0.741. The van der Waals surface area contributed by atoms with E-state index in [9.17, 15) is 0 Å². The van der Waals surface area contributed by atoms with Crippen LogP contribution in [0.2, 0.25) is 13.3 Å². The molecule has 0 radical (unpaired) electrons. The van der Waals surface area contributed by atoms with Gasteiger partial charge in [-0.2, -0.15) is 0 Å². The fourth-order valence-corrected chi connectivity index (χ4v) is 18.1. The molecule has 1 heterocycles. The van der Waals surface area contributed by atoms with Gasteiger partial charge in [-0.15, -0.1) is 0 Å². The van der Waals surface area contributed by atoms with E-state index < -0.39 is 18.4 Å². The Labute approximate surface area is 86.0 Å². The second-order valence-corrected chi connectivity index (χ2v) is 20.0. The van der Waals surface area contributed by atoms with Gasteiger partial charge in [0.2, 0.25) is 0 Å². The molecule has 1 aromatic rings. The van der Waals surface area contributed by atoms with E-state index >= 15 is 0 Å². The first-order chi connectivity index (χ1) is 5.79. The van der Waals surface area contributed by atoms with Crippen LogP contribution >= 0.6 is 0 Å². The third-order valence-electron chi connectivity index (χ3n) is 3.16. The molecular weight excluding hydrogens is 318 g/mol. The van der Waals surface area contributed by atoms with E-state index in [4.69, 9.17) is 0 Å². The normalized spacial score (nSPS) is 11.9.